The predicted octanol–water partition coefficient (Wildman–Crippen LogP) is 6.58. The summed E-state index contributed by atoms with van der Waals surface area (Å²) in [6.07, 6.45) is 0.719. The number of thiazole rings is 1. The lowest BCUT2D eigenvalue weighted by Gasteiger charge is -2.43. The number of thioether (sulfide) groups is 1. The molecule has 4 aromatic rings. The number of hydrogen-bond donors (Lipinski definition) is 2. The minimum Gasteiger partial charge on any atom is -0.483 e. The third kappa shape index (κ3) is 4.70. The first-order chi connectivity index (χ1) is 22.2. The predicted molar refractivity (Wildman–Crippen MR) is 174 cm³/mol. The Hall–Kier alpha value is -3.64. The molecule has 1 saturated heterocycles. The van der Waals surface area contributed by atoms with E-state index in [1.807, 2.05) is 18.2 Å². The summed E-state index contributed by atoms with van der Waals surface area (Å²) in [5.74, 6) is -2.36. The van der Waals surface area contributed by atoms with Crippen molar-refractivity contribution in [2.24, 2.45) is 29.6 Å². The number of ether oxygens (including phenoxy) is 1. The van der Waals surface area contributed by atoms with Crippen molar-refractivity contribution in [3.05, 3.63) is 103 Å². The van der Waals surface area contributed by atoms with Gasteiger partial charge in [0.1, 0.15) is 11.6 Å². The zero-order chi connectivity index (χ0) is 31.9. The van der Waals surface area contributed by atoms with Crippen LogP contribution in [0.15, 0.2) is 76.6 Å². The number of rotatable bonds is 6. The Balaban J connectivity index is 1.11. The Bertz CT molecular complexity index is 1980. The van der Waals surface area contributed by atoms with Crippen molar-refractivity contribution in [1.82, 2.24) is 4.98 Å². The van der Waals surface area contributed by atoms with Crippen molar-refractivity contribution >= 4 is 75.4 Å². The number of carbonyl (C=O) groups is 3. The summed E-state index contributed by atoms with van der Waals surface area (Å²) >= 11 is 14.8. The quantitative estimate of drug-likeness (QED) is 0.221. The van der Waals surface area contributed by atoms with Crippen LogP contribution in [0.5, 0.6) is 5.75 Å². The molecule has 2 N–H and O–H groups in total. The lowest BCUT2D eigenvalue weighted by Crippen LogP contribution is -2.42. The Morgan fingerprint density at radius 3 is 2.48 bits per heavy atom. The standard InChI is InChI=1S/C33H24Cl2FN3O5S2/c34-20-10-7-15(11-21(20)35)37-23(40)13-44-22-4-2-1-3-17(22)24-25-18-12-19(28(25)45-30-29(24)46-33(43)38-30)27-26(18)31(41)39(32(27)42)16-8-5-14(36)6-9-16/h1-11,18-19,24-28H,12-13H2,(H,37,40)(H,38,43)/t18-,19-,24+,25-,26+,27+,28-/m1/s1. The molecule has 4 aliphatic rings. The van der Waals surface area contributed by atoms with Gasteiger partial charge in [0.05, 0.1) is 32.6 Å². The van der Waals surface area contributed by atoms with Crippen LogP contribution in [0.1, 0.15) is 22.8 Å². The molecule has 8 nitrogen and oxygen atoms in total. The van der Waals surface area contributed by atoms with E-state index in [9.17, 15) is 23.6 Å². The molecular weight excluding hydrogens is 672 g/mol. The Labute approximate surface area is 280 Å². The highest BCUT2D eigenvalue weighted by Gasteiger charge is 2.69. The molecule has 8 rings (SSSR count). The number of hydrogen-bond acceptors (Lipinski definition) is 7. The number of halogens is 3. The summed E-state index contributed by atoms with van der Waals surface area (Å²) in [4.78, 5) is 58.2. The molecule has 3 aromatic carbocycles. The summed E-state index contributed by atoms with van der Waals surface area (Å²) in [7, 11) is 0. The molecule has 0 unspecified atom stereocenters. The van der Waals surface area contributed by atoms with Crippen molar-refractivity contribution in [2.45, 2.75) is 22.6 Å². The number of aromatic amines is 1. The lowest BCUT2D eigenvalue weighted by atomic mass is 9.68. The summed E-state index contributed by atoms with van der Waals surface area (Å²) in [5.41, 5.74) is 1.67. The minimum absolute atomic E-state index is 0.0232. The number of carbonyl (C=O) groups excluding carboxylic acids is 3. The molecular formula is C33H24Cl2FN3O5S2. The molecule has 7 atom stereocenters. The SMILES string of the molecule is O=C(COc1ccccc1[C@@H]1c2sc(=O)[nH]c2S[C@@H]2[C@@H]3C[C@@H]([C@@H]4C(=O)N(c5ccc(F)cc5)C(=O)[C@@H]34)[C@H]12)Nc1ccc(Cl)c(Cl)c1. The van der Waals surface area contributed by atoms with Gasteiger partial charge in [0.25, 0.3) is 5.91 Å². The molecule has 0 spiro atoms. The van der Waals surface area contributed by atoms with Gasteiger partial charge < -0.3 is 15.0 Å². The number of amides is 3. The van der Waals surface area contributed by atoms with Gasteiger partial charge >= 0.3 is 4.87 Å². The van der Waals surface area contributed by atoms with Crippen molar-refractivity contribution in [2.75, 3.05) is 16.8 Å². The Kier molecular flexibility index (Phi) is 7.28. The fraction of sp³-hybridized carbons (Fsp3) is 0.273. The second-order valence-corrected chi connectivity index (χ2v) is 15.0. The number of fused-ring (bicyclic) bond motifs is 9. The van der Waals surface area contributed by atoms with E-state index in [4.69, 9.17) is 27.9 Å². The highest BCUT2D eigenvalue weighted by Crippen LogP contribution is 2.69. The van der Waals surface area contributed by atoms with Gasteiger partial charge in [0.2, 0.25) is 11.8 Å². The van der Waals surface area contributed by atoms with Gasteiger partial charge in [-0.25, -0.2) is 4.39 Å². The van der Waals surface area contributed by atoms with Crippen LogP contribution in [0.2, 0.25) is 10.0 Å². The number of H-pyrrole nitrogens is 1. The van der Waals surface area contributed by atoms with Crippen molar-refractivity contribution in [3.63, 3.8) is 0 Å². The topological polar surface area (TPSA) is 109 Å². The van der Waals surface area contributed by atoms with Crippen LogP contribution >= 0.6 is 46.3 Å². The third-order valence-electron chi connectivity index (χ3n) is 9.62. The number of nitrogens with zero attached hydrogens (tertiary/aromatic N) is 1. The maximum Gasteiger partial charge on any atom is 0.305 e. The molecule has 2 bridgehead atoms. The zero-order valence-electron chi connectivity index (χ0n) is 23.7. The molecule has 3 amide bonds. The van der Waals surface area contributed by atoms with Crippen LogP contribution in [0, 0.1) is 35.4 Å². The van der Waals surface area contributed by atoms with E-state index in [0.29, 0.717) is 27.2 Å². The molecule has 2 aliphatic heterocycles. The van der Waals surface area contributed by atoms with Crippen molar-refractivity contribution < 1.29 is 23.5 Å². The van der Waals surface area contributed by atoms with E-state index in [1.54, 1.807) is 36.0 Å². The fourth-order valence-electron chi connectivity index (χ4n) is 7.99. The van der Waals surface area contributed by atoms with Gasteiger partial charge in [-0.1, -0.05) is 52.7 Å². The van der Waals surface area contributed by atoms with Crippen LogP contribution in [-0.2, 0) is 14.4 Å². The molecule has 46 heavy (non-hydrogen) atoms. The summed E-state index contributed by atoms with van der Waals surface area (Å²) in [5, 5.41) is 4.19. The van der Waals surface area contributed by atoms with Gasteiger partial charge in [-0.15, -0.1) is 11.8 Å². The van der Waals surface area contributed by atoms with E-state index in [2.05, 4.69) is 10.3 Å². The van der Waals surface area contributed by atoms with Gasteiger partial charge in [-0.05, 0) is 72.7 Å². The largest absolute Gasteiger partial charge is 0.483 e. The van der Waals surface area contributed by atoms with E-state index in [-0.39, 0.29) is 52.2 Å². The first kappa shape index (κ1) is 29.7. The Morgan fingerprint density at radius 2 is 1.72 bits per heavy atom. The minimum atomic E-state index is -0.505. The summed E-state index contributed by atoms with van der Waals surface area (Å²) in [6.45, 7) is -0.278. The number of anilines is 2. The first-order valence-corrected chi connectivity index (χ1v) is 17.1. The van der Waals surface area contributed by atoms with Crippen LogP contribution in [0.25, 0.3) is 0 Å². The fourth-order valence-corrected chi connectivity index (χ4v) is 11.2. The normalized spacial score (nSPS) is 27.4. The van der Waals surface area contributed by atoms with Gasteiger partial charge in [0.15, 0.2) is 6.61 Å². The molecule has 234 valence electrons. The number of nitrogens with one attached hydrogen (secondary N) is 2. The lowest BCUT2D eigenvalue weighted by molar-refractivity contribution is -0.123. The summed E-state index contributed by atoms with van der Waals surface area (Å²) < 4.78 is 19.8. The monoisotopic (exact) mass is 695 g/mol. The van der Waals surface area contributed by atoms with E-state index < -0.39 is 23.6 Å². The van der Waals surface area contributed by atoms with Gasteiger partial charge in [-0.3, -0.25) is 24.1 Å². The molecule has 2 saturated carbocycles. The maximum atomic E-state index is 13.9. The molecule has 3 heterocycles. The van der Waals surface area contributed by atoms with E-state index in [0.717, 1.165) is 33.2 Å². The van der Waals surface area contributed by atoms with Crippen LogP contribution in [-0.4, -0.2) is 34.6 Å². The van der Waals surface area contributed by atoms with Crippen LogP contribution in [0.4, 0.5) is 15.8 Å². The second-order valence-electron chi connectivity index (χ2n) is 12.0. The van der Waals surface area contributed by atoms with Crippen molar-refractivity contribution in [3.8, 4) is 5.75 Å². The third-order valence-corrected chi connectivity index (χ3v) is 13.0. The first-order valence-electron chi connectivity index (χ1n) is 14.7. The number of benzene rings is 3. The molecule has 1 aromatic heterocycles. The number of aromatic nitrogens is 1. The van der Waals surface area contributed by atoms with E-state index in [1.165, 1.54) is 29.2 Å². The average molecular weight is 697 g/mol. The second kappa shape index (κ2) is 11.3. The highest BCUT2D eigenvalue weighted by molar-refractivity contribution is 8.00. The smallest absolute Gasteiger partial charge is 0.305 e. The van der Waals surface area contributed by atoms with Gasteiger partial charge in [-0.2, -0.15) is 0 Å². The molecule has 0 radical (unpaired) electrons. The zero-order valence-corrected chi connectivity index (χ0v) is 26.9. The van der Waals surface area contributed by atoms with Crippen LogP contribution in [0.3, 0.4) is 0 Å². The number of para-hydroxylation sites is 1. The molecule has 2 aliphatic carbocycles. The van der Waals surface area contributed by atoms with Gasteiger partial charge in [0, 0.05) is 27.3 Å². The number of imide groups is 1. The Morgan fingerprint density at radius 1 is 0.978 bits per heavy atom. The van der Waals surface area contributed by atoms with Crippen molar-refractivity contribution in [1.29, 1.82) is 0 Å². The molecule has 13 heteroatoms. The maximum absolute atomic E-state index is 13.9. The average Bonchev–Trinajstić information content (AvgIpc) is 3.77. The van der Waals surface area contributed by atoms with E-state index >= 15 is 0 Å². The highest BCUT2D eigenvalue weighted by atomic mass is 35.5. The van der Waals surface area contributed by atoms with Crippen LogP contribution < -0.4 is 19.8 Å². The summed E-state index contributed by atoms with van der Waals surface area (Å²) in [6, 6.07) is 17.7. The molecule has 3 fully saturated rings.